The van der Waals surface area contributed by atoms with Crippen molar-refractivity contribution in [2.45, 2.75) is 11.4 Å². The Morgan fingerprint density at radius 3 is 2.32 bits per heavy atom. The van der Waals surface area contributed by atoms with Gasteiger partial charge in [-0.3, -0.25) is 0 Å². The molecule has 1 N–H and O–H groups in total. The van der Waals surface area contributed by atoms with Gasteiger partial charge in [0.05, 0.1) is 38.2 Å². The number of quaternary nitrogens is 1. The summed E-state index contributed by atoms with van der Waals surface area (Å²) in [6, 6.07) is 14.3. The molecule has 0 aliphatic carbocycles. The topological polar surface area (TPSA) is 51.1 Å². The molecule has 5 nitrogen and oxygen atoms in total. The van der Waals surface area contributed by atoms with E-state index in [4.69, 9.17) is 16.3 Å². The summed E-state index contributed by atoms with van der Waals surface area (Å²) >= 11 is 6.22. The van der Waals surface area contributed by atoms with Crippen LogP contribution in [0.1, 0.15) is 5.56 Å². The molecule has 0 spiro atoms. The second kappa shape index (κ2) is 7.74. The minimum absolute atomic E-state index is 0.308. The van der Waals surface area contributed by atoms with Crippen molar-refractivity contribution in [2.75, 3.05) is 33.3 Å². The Morgan fingerprint density at radius 1 is 1.08 bits per heavy atom. The first kappa shape index (κ1) is 18.2. The molecule has 25 heavy (non-hydrogen) atoms. The number of rotatable bonds is 5. The van der Waals surface area contributed by atoms with E-state index in [0.29, 0.717) is 23.7 Å². The van der Waals surface area contributed by atoms with E-state index in [2.05, 4.69) is 0 Å². The molecule has 0 aromatic heterocycles. The number of nitrogens with one attached hydrogen (secondary N) is 1. The third kappa shape index (κ3) is 4.15. The lowest BCUT2D eigenvalue weighted by Gasteiger charge is -2.31. The lowest BCUT2D eigenvalue weighted by atomic mass is 10.2. The van der Waals surface area contributed by atoms with Gasteiger partial charge in [-0.15, -0.1) is 0 Å². The zero-order valence-electron chi connectivity index (χ0n) is 14.1. The number of piperazine rings is 1. The number of hydrogen-bond donors (Lipinski definition) is 1. The van der Waals surface area contributed by atoms with Crippen LogP contribution in [0, 0.1) is 0 Å². The summed E-state index contributed by atoms with van der Waals surface area (Å²) in [4.78, 5) is 1.65. The van der Waals surface area contributed by atoms with Crippen LogP contribution in [0.5, 0.6) is 5.75 Å². The highest BCUT2D eigenvalue weighted by Gasteiger charge is 2.30. The van der Waals surface area contributed by atoms with Crippen molar-refractivity contribution in [3.05, 3.63) is 59.1 Å². The van der Waals surface area contributed by atoms with Gasteiger partial charge in [0.2, 0.25) is 10.0 Å². The Labute approximate surface area is 153 Å². The largest absolute Gasteiger partial charge is 0.497 e. The van der Waals surface area contributed by atoms with Crippen molar-refractivity contribution in [1.82, 2.24) is 4.31 Å². The first-order chi connectivity index (χ1) is 12.0. The summed E-state index contributed by atoms with van der Waals surface area (Å²) in [5.74, 6) is 0.646. The number of methoxy groups -OCH3 is 1. The Bertz CT molecular complexity index is 816. The molecule has 1 heterocycles. The average Bonchev–Trinajstić information content (AvgIpc) is 2.64. The monoisotopic (exact) mass is 381 g/mol. The Kier molecular flexibility index (Phi) is 5.64. The molecular formula is C18H22ClN2O3S+. The maximum absolute atomic E-state index is 12.8. The molecule has 0 amide bonds. The molecule has 1 fully saturated rings. The molecule has 7 heteroatoms. The summed E-state index contributed by atoms with van der Waals surface area (Å²) < 4.78 is 32.2. The van der Waals surface area contributed by atoms with Crippen LogP contribution in [-0.2, 0) is 16.6 Å². The molecule has 0 atom stereocenters. The van der Waals surface area contributed by atoms with Crippen LogP contribution in [0.4, 0.5) is 0 Å². The molecule has 1 aliphatic rings. The van der Waals surface area contributed by atoms with Crippen LogP contribution < -0.4 is 9.64 Å². The zero-order chi connectivity index (χ0) is 17.9. The van der Waals surface area contributed by atoms with Gasteiger partial charge in [0.25, 0.3) is 0 Å². The van der Waals surface area contributed by atoms with Crippen LogP contribution in [-0.4, -0.2) is 46.0 Å². The van der Waals surface area contributed by atoms with Gasteiger partial charge in [-0.05, 0) is 30.3 Å². The molecule has 2 aromatic carbocycles. The predicted molar refractivity (Wildman–Crippen MR) is 97.6 cm³/mol. The highest BCUT2D eigenvalue weighted by Crippen LogP contribution is 2.19. The highest BCUT2D eigenvalue weighted by molar-refractivity contribution is 7.89. The van der Waals surface area contributed by atoms with E-state index in [1.165, 1.54) is 4.90 Å². The fourth-order valence-corrected chi connectivity index (χ4v) is 4.67. The van der Waals surface area contributed by atoms with Crippen LogP contribution in [0.3, 0.4) is 0 Å². The van der Waals surface area contributed by atoms with E-state index in [1.807, 2.05) is 24.3 Å². The molecule has 1 saturated heterocycles. The summed E-state index contributed by atoms with van der Waals surface area (Å²) in [6.45, 7) is 3.36. The predicted octanol–water partition coefficient (Wildman–Crippen LogP) is 1.44. The van der Waals surface area contributed by atoms with Crippen molar-refractivity contribution in [3.63, 3.8) is 0 Å². The summed E-state index contributed by atoms with van der Waals surface area (Å²) in [5.41, 5.74) is 1.10. The van der Waals surface area contributed by atoms with Gasteiger partial charge < -0.3 is 9.64 Å². The summed E-state index contributed by atoms with van der Waals surface area (Å²) in [7, 11) is -1.89. The molecule has 0 saturated carbocycles. The molecule has 2 aromatic rings. The zero-order valence-corrected chi connectivity index (χ0v) is 15.7. The standard InChI is InChI=1S/C18H21ClN2O3S/c1-24-16-6-8-17(9-7-16)25(22,23)21-12-10-20(11-13-21)14-15-4-2-3-5-18(15)19/h2-9H,10-14H2,1H3/p+1. The minimum Gasteiger partial charge on any atom is -0.497 e. The normalized spacial score (nSPS) is 16.7. The van der Waals surface area contributed by atoms with Crippen LogP contribution in [0.25, 0.3) is 0 Å². The molecule has 134 valence electrons. The summed E-state index contributed by atoms with van der Waals surface area (Å²) in [6.07, 6.45) is 0. The van der Waals surface area contributed by atoms with E-state index in [9.17, 15) is 8.42 Å². The number of hydrogen-bond acceptors (Lipinski definition) is 3. The van der Waals surface area contributed by atoms with E-state index >= 15 is 0 Å². The lowest BCUT2D eigenvalue weighted by molar-refractivity contribution is -0.917. The number of sulfonamides is 1. The number of nitrogens with zero attached hydrogens (tertiary/aromatic N) is 1. The fraction of sp³-hybridized carbons (Fsp3) is 0.333. The van der Waals surface area contributed by atoms with Gasteiger partial charge >= 0.3 is 0 Å². The Balaban J connectivity index is 1.64. The Morgan fingerprint density at radius 2 is 1.72 bits per heavy atom. The van der Waals surface area contributed by atoms with E-state index in [1.54, 1.807) is 35.7 Å². The minimum atomic E-state index is -3.45. The number of ether oxygens (including phenoxy) is 1. The van der Waals surface area contributed by atoms with Gasteiger partial charge in [0.15, 0.2) is 0 Å². The smallest absolute Gasteiger partial charge is 0.243 e. The molecule has 3 rings (SSSR count). The summed E-state index contributed by atoms with van der Waals surface area (Å²) in [5, 5.41) is 0.767. The third-order valence-electron chi connectivity index (χ3n) is 4.53. The third-order valence-corrected chi connectivity index (χ3v) is 6.81. The molecule has 0 bridgehead atoms. The lowest BCUT2D eigenvalue weighted by Crippen LogP contribution is -3.13. The Hall–Kier alpha value is -1.60. The van der Waals surface area contributed by atoms with Crippen LogP contribution >= 0.6 is 11.6 Å². The molecule has 0 unspecified atom stereocenters. The van der Waals surface area contributed by atoms with E-state index in [-0.39, 0.29) is 0 Å². The fourth-order valence-electron chi connectivity index (χ4n) is 3.03. The van der Waals surface area contributed by atoms with Crippen molar-refractivity contribution < 1.29 is 18.1 Å². The van der Waals surface area contributed by atoms with Crippen LogP contribution in [0.2, 0.25) is 5.02 Å². The van der Waals surface area contributed by atoms with Crippen molar-refractivity contribution in [3.8, 4) is 5.75 Å². The first-order valence-electron chi connectivity index (χ1n) is 8.22. The van der Waals surface area contributed by atoms with Gasteiger partial charge in [-0.2, -0.15) is 4.31 Å². The van der Waals surface area contributed by atoms with Crippen molar-refractivity contribution in [1.29, 1.82) is 0 Å². The van der Waals surface area contributed by atoms with E-state index in [0.717, 1.165) is 30.2 Å². The first-order valence-corrected chi connectivity index (χ1v) is 10.0. The highest BCUT2D eigenvalue weighted by atomic mass is 35.5. The second-order valence-electron chi connectivity index (χ2n) is 6.10. The van der Waals surface area contributed by atoms with Crippen LogP contribution in [0.15, 0.2) is 53.4 Å². The molecule has 0 radical (unpaired) electrons. The van der Waals surface area contributed by atoms with Crippen molar-refractivity contribution >= 4 is 21.6 Å². The van der Waals surface area contributed by atoms with Gasteiger partial charge in [-0.25, -0.2) is 8.42 Å². The maximum atomic E-state index is 12.8. The van der Waals surface area contributed by atoms with E-state index < -0.39 is 10.0 Å². The molecular weight excluding hydrogens is 360 g/mol. The number of benzene rings is 2. The van der Waals surface area contributed by atoms with Gasteiger partial charge in [0.1, 0.15) is 12.3 Å². The average molecular weight is 382 g/mol. The second-order valence-corrected chi connectivity index (χ2v) is 8.44. The maximum Gasteiger partial charge on any atom is 0.243 e. The quantitative estimate of drug-likeness (QED) is 0.852. The SMILES string of the molecule is COc1ccc(S(=O)(=O)N2CC[NH+](Cc3ccccc3Cl)CC2)cc1. The van der Waals surface area contributed by atoms with Gasteiger partial charge in [0, 0.05) is 10.6 Å². The van der Waals surface area contributed by atoms with Crippen molar-refractivity contribution in [2.24, 2.45) is 0 Å². The van der Waals surface area contributed by atoms with Gasteiger partial charge in [-0.1, -0.05) is 29.8 Å². The molecule has 1 aliphatic heterocycles. The number of halogens is 1.